The smallest absolute Gasteiger partial charge is 0.323 e. The number of hydrogen-bond acceptors (Lipinski definition) is 11. The minimum Gasteiger partial charge on any atom is -0.506 e. The molecule has 0 aliphatic rings. The average Bonchev–Trinajstić information content (AvgIpc) is 3.08. The van der Waals surface area contributed by atoms with Crippen LogP contribution in [0.25, 0.3) is 21.5 Å². The summed E-state index contributed by atoms with van der Waals surface area (Å²) in [6.45, 7) is 2.95. The number of rotatable bonds is 10. The molecule has 0 heterocycles. The molecule has 6 aromatic rings. The monoisotopic (exact) mass is 842 g/mol. The number of urea groups is 1. The topological polar surface area (TPSA) is 283 Å². The van der Waals surface area contributed by atoms with Gasteiger partial charge in [0.05, 0.1) is 21.2 Å². The molecule has 6 aromatic carbocycles. The van der Waals surface area contributed by atoms with Crippen LogP contribution in [-0.2, 0) is 40.3 Å². The molecule has 0 aliphatic carbocycles. The van der Waals surface area contributed by atoms with Crippen LogP contribution in [0.2, 0.25) is 0 Å². The maximum absolute atomic E-state index is 13.6. The van der Waals surface area contributed by atoms with Crippen LogP contribution in [0.1, 0.15) is 11.1 Å². The molecule has 0 saturated heterocycles. The minimum atomic E-state index is -4.86. The third-order valence-electron chi connectivity index (χ3n) is 8.48. The third kappa shape index (κ3) is 7.89. The summed E-state index contributed by atoms with van der Waals surface area (Å²) in [7, 11) is -18.7. The number of sulfonamides is 2. The molecule has 17 nitrogen and oxygen atoms in total. The highest BCUT2D eigenvalue weighted by Crippen LogP contribution is 2.39. The van der Waals surface area contributed by atoms with Gasteiger partial charge in [0.1, 0.15) is 21.3 Å². The van der Waals surface area contributed by atoms with Crippen molar-refractivity contribution in [3.8, 4) is 11.5 Å². The lowest BCUT2D eigenvalue weighted by Crippen LogP contribution is -2.21. The molecular weight excluding hydrogens is 813 g/mol. The van der Waals surface area contributed by atoms with Gasteiger partial charge in [-0.25, -0.2) is 21.6 Å². The number of aromatic hydroxyl groups is 2. The van der Waals surface area contributed by atoms with Crippen molar-refractivity contribution in [1.29, 1.82) is 0 Å². The molecule has 0 bridgehead atoms. The third-order valence-corrected chi connectivity index (χ3v) is 13.3. The summed E-state index contributed by atoms with van der Waals surface area (Å²) in [5, 5.41) is 26.4. The number of phenolic OH excluding ortho intramolecular Hbond substituents is 2. The van der Waals surface area contributed by atoms with Gasteiger partial charge in [0.2, 0.25) is 0 Å². The Morgan fingerprint density at radius 2 is 0.875 bits per heavy atom. The summed E-state index contributed by atoms with van der Waals surface area (Å²) in [5.41, 5.74) is 0.0397. The van der Waals surface area contributed by atoms with Crippen LogP contribution in [0.5, 0.6) is 11.5 Å². The highest BCUT2D eigenvalue weighted by atomic mass is 32.2. The zero-order chi connectivity index (χ0) is 41.0. The van der Waals surface area contributed by atoms with Crippen LogP contribution < -0.4 is 20.1 Å². The number of phenols is 2. The number of fused-ring (bicyclic) bond motifs is 2. The molecular formula is C35H30N4O13S4. The molecule has 292 valence electrons. The predicted molar refractivity (Wildman–Crippen MR) is 207 cm³/mol. The highest BCUT2D eigenvalue weighted by molar-refractivity contribution is 7.93. The second kappa shape index (κ2) is 14.3. The Bertz CT molecular complexity index is 2880. The summed E-state index contributed by atoms with van der Waals surface area (Å²) in [4.78, 5) is 10.8. The average molecular weight is 843 g/mol. The molecule has 0 radical (unpaired) electrons. The summed E-state index contributed by atoms with van der Waals surface area (Å²) in [6, 6.07) is 19.9. The molecule has 0 aliphatic heterocycles. The van der Waals surface area contributed by atoms with Crippen molar-refractivity contribution < 1.29 is 57.8 Å². The van der Waals surface area contributed by atoms with Crippen molar-refractivity contribution >= 4 is 90.6 Å². The molecule has 21 heteroatoms. The molecule has 0 saturated carbocycles. The van der Waals surface area contributed by atoms with Crippen LogP contribution in [0.3, 0.4) is 0 Å². The maximum Gasteiger partial charge on any atom is 0.323 e. The van der Waals surface area contributed by atoms with Crippen molar-refractivity contribution in [2.45, 2.75) is 33.4 Å². The van der Waals surface area contributed by atoms with E-state index in [4.69, 9.17) is 0 Å². The SMILES string of the molecule is Cc1ccc(NC(=O)Nc2ccc(C)c(S(=O)(=O)Nc3cccc4ccc(S(=O)(=O)O)c(O)c34)c2)cc1S(=O)(=O)Nc1cccc2ccc(S(=O)(=O)O)c(O)c12. The Labute approximate surface area is 320 Å². The normalized spacial score (nSPS) is 12.4. The lowest BCUT2D eigenvalue weighted by atomic mass is 10.1. The molecule has 0 aromatic heterocycles. The van der Waals surface area contributed by atoms with Gasteiger partial charge >= 0.3 is 6.03 Å². The molecule has 8 N–H and O–H groups in total. The Balaban J connectivity index is 1.24. The van der Waals surface area contributed by atoms with E-state index in [0.29, 0.717) is 0 Å². The number of carbonyl (C=O) groups is 1. The zero-order valence-electron chi connectivity index (χ0n) is 28.8. The van der Waals surface area contributed by atoms with E-state index in [-0.39, 0.29) is 65.2 Å². The summed E-state index contributed by atoms with van der Waals surface area (Å²) >= 11 is 0. The van der Waals surface area contributed by atoms with Gasteiger partial charge in [-0.05, 0) is 84.3 Å². The highest BCUT2D eigenvalue weighted by Gasteiger charge is 2.25. The van der Waals surface area contributed by atoms with Gasteiger partial charge in [-0.3, -0.25) is 18.5 Å². The molecule has 6 rings (SSSR count). The minimum absolute atomic E-state index is 0.00967. The van der Waals surface area contributed by atoms with Gasteiger partial charge in [-0.15, -0.1) is 0 Å². The van der Waals surface area contributed by atoms with Gasteiger partial charge < -0.3 is 20.8 Å². The number of amides is 2. The van der Waals surface area contributed by atoms with E-state index in [1.54, 1.807) is 0 Å². The van der Waals surface area contributed by atoms with Crippen molar-refractivity contribution in [2.75, 3.05) is 20.1 Å². The van der Waals surface area contributed by atoms with Crippen LogP contribution in [0.15, 0.2) is 117 Å². The van der Waals surface area contributed by atoms with E-state index < -0.39 is 67.6 Å². The van der Waals surface area contributed by atoms with Gasteiger partial charge in [0, 0.05) is 22.1 Å². The van der Waals surface area contributed by atoms with Crippen molar-refractivity contribution in [1.82, 2.24) is 0 Å². The van der Waals surface area contributed by atoms with Gasteiger partial charge in [0.25, 0.3) is 40.3 Å². The fourth-order valence-electron chi connectivity index (χ4n) is 5.90. The molecule has 2 amide bonds. The first-order valence-electron chi connectivity index (χ1n) is 15.9. The number of hydrogen-bond donors (Lipinski definition) is 8. The van der Waals surface area contributed by atoms with Gasteiger partial charge in [-0.2, -0.15) is 16.8 Å². The lowest BCUT2D eigenvalue weighted by Gasteiger charge is -2.16. The Morgan fingerprint density at radius 3 is 1.23 bits per heavy atom. The Kier molecular flexibility index (Phi) is 10.1. The van der Waals surface area contributed by atoms with Crippen LogP contribution in [0, 0.1) is 13.8 Å². The van der Waals surface area contributed by atoms with Crippen LogP contribution >= 0.6 is 0 Å². The number of nitrogens with one attached hydrogen (secondary N) is 4. The molecule has 0 atom stereocenters. The molecule has 0 unspecified atom stereocenters. The quantitative estimate of drug-likeness (QED) is 0.0763. The Hall–Kier alpha value is -5.97. The Morgan fingerprint density at radius 1 is 0.500 bits per heavy atom. The van der Waals surface area contributed by atoms with Gasteiger partial charge in [-0.1, -0.05) is 48.5 Å². The van der Waals surface area contributed by atoms with Crippen molar-refractivity contribution in [3.63, 3.8) is 0 Å². The fraction of sp³-hybridized carbons (Fsp3) is 0.0571. The summed E-state index contributed by atoms with van der Waals surface area (Å²) < 4.78 is 125. The molecule has 0 spiro atoms. The number of aryl methyl sites for hydroxylation is 2. The lowest BCUT2D eigenvalue weighted by molar-refractivity contribution is 0.262. The van der Waals surface area contributed by atoms with Crippen LogP contribution in [0.4, 0.5) is 27.5 Å². The molecule has 0 fully saturated rings. The zero-order valence-corrected chi connectivity index (χ0v) is 32.1. The number of anilines is 4. The maximum atomic E-state index is 13.6. The first-order chi connectivity index (χ1) is 26.1. The summed E-state index contributed by atoms with van der Waals surface area (Å²) in [6.07, 6.45) is 0. The van der Waals surface area contributed by atoms with E-state index in [9.17, 15) is 57.8 Å². The van der Waals surface area contributed by atoms with E-state index in [0.717, 1.165) is 24.3 Å². The number of carbonyl (C=O) groups excluding carboxylic acids is 1. The number of benzene rings is 6. The first kappa shape index (κ1) is 39.7. The standard InChI is InChI=1S/C35H30N4O13S4/c1-19-9-13-23(17-29(19)53(43,44)38-25-7-3-5-21-11-15-27(55(47,48)49)33(40)31(21)25)36-35(42)37-24-14-10-20(2)30(18-24)54(45,46)39-26-8-4-6-22-12-16-28(56(50,51)52)34(41)32(22)26/h3-18,38-41H,1-2H3,(H2,36,37,42)(H,47,48,49)(H,50,51,52). The first-order valence-corrected chi connectivity index (χ1v) is 21.7. The second-order valence-corrected chi connectivity index (χ2v) is 18.4. The van der Waals surface area contributed by atoms with Gasteiger partial charge in [0.15, 0.2) is 0 Å². The fourth-order valence-corrected chi connectivity index (χ4v) is 9.76. The van der Waals surface area contributed by atoms with E-state index in [1.165, 1.54) is 86.6 Å². The van der Waals surface area contributed by atoms with E-state index in [2.05, 4.69) is 20.1 Å². The summed E-state index contributed by atoms with van der Waals surface area (Å²) in [5.74, 6) is -1.76. The van der Waals surface area contributed by atoms with Crippen LogP contribution in [-0.4, -0.2) is 59.0 Å². The van der Waals surface area contributed by atoms with Crippen molar-refractivity contribution in [2.24, 2.45) is 0 Å². The second-order valence-electron chi connectivity index (χ2n) is 12.3. The van der Waals surface area contributed by atoms with Crippen molar-refractivity contribution in [3.05, 3.63) is 108 Å². The predicted octanol–water partition coefficient (Wildman–Crippen LogP) is 5.76. The van der Waals surface area contributed by atoms with E-state index >= 15 is 0 Å². The molecule has 56 heavy (non-hydrogen) atoms. The largest absolute Gasteiger partial charge is 0.506 e. The van der Waals surface area contributed by atoms with E-state index in [1.807, 2.05) is 0 Å².